The van der Waals surface area contributed by atoms with Crippen LogP contribution < -0.4 is 0 Å². The van der Waals surface area contributed by atoms with Crippen LogP contribution in [0.2, 0.25) is 10.0 Å². The largest absolute Gasteiger partial charge is 0.378 e. The third-order valence-corrected chi connectivity index (χ3v) is 5.17. The lowest BCUT2D eigenvalue weighted by Gasteiger charge is -2.36. The number of likely N-dealkylation sites (tertiary alicyclic amines) is 1. The van der Waals surface area contributed by atoms with Crippen LogP contribution in [0.1, 0.15) is 18.4 Å². The van der Waals surface area contributed by atoms with Gasteiger partial charge in [-0.1, -0.05) is 29.3 Å². The fourth-order valence-electron chi connectivity index (χ4n) is 3.33. The number of carbonyl (C=O) groups excluding carboxylic acids is 1. The van der Waals surface area contributed by atoms with Crippen molar-refractivity contribution < 1.29 is 9.53 Å². The molecule has 1 amide bonds. The quantitative estimate of drug-likeness (QED) is 0.834. The molecule has 126 valence electrons. The highest BCUT2D eigenvalue weighted by molar-refractivity contribution is 6.35. The van der Waals surface area contributed by atoms with E-state index < -0.39 is 0 Å². The van der Waals surface area contributed by atoms with E-state index in [0.717, 1.165) is 51.1 Å². The van der Waals surface area contributed by atoms with E-state index in [1.807, 2.05) is 17.0 Å². The minimum atomic E-state index is 0.0907. The Morgan fingerprint density at radius 2 is 2.00 bits per heavy atom. The van der Waals surface area contributed by atoms with Crippen molar-refractivity contribution in [3.8, 4) is 0 Å². The predicted octanol–water partition coefficient (Wildman–Crippen LogP) is 3.06. The van der Waals surface area contributed by atoms with Crippen molar-refractivity contribution >= 4 is 29.1 Å². The van der Waals surface area contributed by atoms with Gasteiger partial charge in [0.15, 0.2) is 0 Å². The first kappa shape index (κ1) is 17.0. The molecule has 0 unspecified atom stereocenters. The van der Waals surface area contributed by atoms with Crippen LogP contribution in [-0.2, 0) is 16.1 Å². The predicted molar refractivity (Wildman–Crippen MR) is 91.9 cm³/mol. The zero-order chi connectivity index (χ0) is 16.2. The van der Waals surface area contributed by atoms with Crippen molar-refractivity contribution in [2.24, 2.45) is 5.92 Å². The number of carbonyl (C=O) groups is 1. The van der Waals surface area contributed by atoms with E-state index in [9.17, 15) is 4.79 Å². The van der Waals surface area contributed by atoms with E-state index in [1.54, 1.807) is 6.07 Å². The Bertz CT molecular complexity index is 562. The van der Waals surface area contributed by atoms with E-state index in [4.69, 9.17) is 27.9 Å². The lowest BCUT2D eigenvalue weighted by atomic mass is 9.96. The number of amides is 1. The lowest BCUT2D eigenvalue weighted by molar-refractivity contribution is -0.141. The molecule has 0 spiro atoms. The highest BCUT2D eigenvalue weighted by atomic mass is 35.5. The number of halogens is 2. The van der Waals surface area contributed by atoms with Gasteiger partial charge in [-0.2, -0.15) is 0 Å². The minimum Gasteiger partial charge on any atom is -0.378 e. The fourth-order valence-corrected chi connectivity index (χ4v) is 3.80. The number of ether oxygens (including phenoxy) is 1. The van der Waals surface area contributed by atoms with Gasteiger partial charge < -0.3 is 9.64 Å². The van der Waals surface area contributed by atoms with E-state index in [-0.39, 0.29) is 11.8 Å². The minimum absolute atomic E-state index is 0.0907. The standard InChI is InChI=1S/C17H22Cl2N2O2/c18-15-4-3-13(16(19)10-15)11-20-5-1-2-14(12-20)17(22)21-6-8-23-9-7-21/h3-4,10,14H,1-2,5-9,11-12H2/t14-/m1/s1. The summed E-state index contributed by atoms with van der Waals surface area (Å²) >= 11 is 12.2. The molecule has 6 heteroatoms. The van der Waals surface area contributed by atoms with Crippen LogP contribution in [0.25, 0.3) is 0 Å². The third-order valence-electron chi connectivity index (χ3n) is 4.59. The fraction of sp³-hybridized carbons (Fsp3) is 0.588. The Labute approximate surface area is 147 Å². The maximum atomic E-state index is 12.7. The molecule has 1 aromatic rings. The molecule has 2 aliphatic heterocycles. The van der Waals surface area contributed by atoms with Crippen LogP contribution in [-0.4, -0.2) is 55.1 Å². The molecule has 0 aliphatic carbocycles. The number of piperidine rings is 1. The van der Waals surface area contributed by atoms with Crippen LogP contribution in [0, 0.1) is 5.92 Å². The van der Waals surface area contributed by atoms with Gasteiger partial charge in [-0.3, -0.25) is 9.69 Å². The van der Waals surface area contributed by atoms with Crippen molar-refractivity contribution in [2.75, 3.05) is 39.4 Å². The van der Waals surface area contributed by atoms with Crippen LogP contribution >= 0.6 is 23.2 Å². The van der Waals surface area contributed by atoms with Crippen molar-refractivity contribution in [1.82, 2.24) is 9.80 Å². The number of hydrogen-bond donors (Lipinski definition) is 0. The molecule has 3 rings (SSSR count). The Hall–Kier alpha value is -0.810. The van der Waals surface area contributed by atoms with E-state index >= 15 is 0 Å². The van der Waals surface area contributed by atoms with Gasteiger partial charge in [-0.15, -0.1) is 0 Å². The Balaban J connectivity index is 1.60. The van der Waals surface area contributed by atoms with Crippen LogP contribution in [0.15, 0.2) is 18.2 Å². The second kappa shape index (κ2) is 7.84. The number of rotatable bonds is 3. The molecule has 0 N–H and O–H groups in total. The summed E-state index contributed by atoms with van der Waals surface area (Å²) in [7, 11) is 0. The summed E-state index contributed by atoms with van der Waals surface area (Å²) < 4.78 is 5.33. The monoisotopic (exact) mass is 356 g/mol. The normalized spacial score (nSPS) is 23.0. The van der Waals surface area contributed by atoms with Gasteiger partial charge >= 0.3 is 0 Å². The van der Waals surface area contributed by atoms with Gasteiger partial charge in [0.1, 0.15) is 0 Å². The number of nitrogens with zero attached hydrogens (tertiary/aromatic N) is 2. The Morgan fingerprint density at radius 3 is 2.74 bits per heavy atom. The molecular weight excluding hydrogens is 335 g/mol. The van der Waals surface area contributed by atoms with Crippen LogP contribution in [0.4, 0.5) is 0 Å². The van der Waals surface area contributed by atoms with Crippen LogP contribution in [0.3, 0.4) is 0 Å². The van der Waals surface area contributed by atoms with E-state index in [1.165, 1.54) is 0 Å². The van der Waals surface area contributed by atoms with E-state index in [2.05, 4.69) is 4.90 Å². The maximum Gasteiger partial charge on any atom is 0.227 e. The van der Waals surface area contributed by atoms with E-state index in [0.29, 0.717) is 23.3 Å². The molecule has 2 heterocycles. The first-order chi connectivity index (χ1) is 11.1. The molecule has 0 radical (unpaired) electrons. The molecule has 2 fully saturated rings. The van der Waals surface area contributed by atoms with Crippen molar-refractivity contribution in [3.63, 3.8) is 0 Å². The molecule has 0 bridgehead atoms. The maximum absolute atomic E-state index is 12.7. The number of benzene rings is 1. The first-order valence-electron chi connectivity index (χ1n) is 8.16. The van der Waals surface area contributed by atoms with Gasteiger partial charge in [-0.05, 0) is 37.1 Å². The molecule has 0 saturated carbocycles. The highest BCUT2D eigenvalue weighted by Crippen LogP contribution is 2.25. The zero-order valence-electron chi connectivity index (χ0n) is 13.1. The molecule has 2 saturated heterocycles. The topological polar surface area (TPSA) is 32.8 Å². The first-order valence-corrected chi connectivity index (χ1v) is 8.92. The molecule has 4 nitrogen and oxygen atoms in total. The molecule has 0 aromatic heterocycles. The summed E-state index contributed by atoms with van der Waals surface area (Å²) in [6.45, 7) is 5.33. The zero-order valence-corrected chi connectivity index (χ0v) is 14.7. The Morgan fingerprint density at radius 1 is 1.22 bits per heavy atom. The van der Waals surface area contributed by atoms with Gasteiger partial charge in [-0.25, -0.2) is 0 Å². The van der Waals surface area contributed by atoms with Crippen LogP contribution in [0.5, 0.6) is 0 Å². The molecule has 1 aromatic carbocycles. The number of morpholine rings is 1. The molecular formula is C17H22Cl2N2O2. The smallest absolute Gasteiger partial charge is 0.227 e. The molecule has 1 atom stereocenters. The summed E-state index contributed by atoms with van der Waals surface area (Å²) in [6, 6.07) is 5.61. The highest BCUT2D eigenvalue weighted by Gasteiger charge is 2.30. The number of hydrogen-bond acceptors (Lipinski definition) is 3. The summed E-state index contributed by atoms with van der Waals surface area (Å²) in [6.07, 6.45) is 2.02. The summed E-state index contributed by atoms with van der Waals surface area (Å²) in [5.41, 5.74) is 1.07. The second-order valence-corrected chi connectivity index (χ2v) is 7.09. The van der Waals surface area contributed by atoms with Gasteiger partial charge in [0.05, 0.1) is 19.1 Å². The summed E-state index contributed by atoms with van der Waals surface area (Å²) in [5.74, 6) is 0.369. The SMILES string of the molecule is O=C([C@@H]1CCCN(Cc2ccc(Cl)cc2Cl)C1)N1CCOCC1. The average molecular weight is 357 g/mol. The van der Waals surface area contributed by atoms with Crippen molar-refractivity contribution in [2.45, 2.75) is 19.4 Å². The average Bonchev–Trinajstić information content (AvgIpc) is 2.58. The summed E-state index contributed by atoms with van der Waals surface area (Å²) in [5, 5.41) is 1.34. The second-order valence-electron chi connectivity index (χ2n) is 6.25. The molecule has 2 aliphatic rings. The lowest BCUT2D eigenvalue weighted by Crippen LogP contribution is -2.48. The molecule has 23 heavy (non-hydrogen) atoms. The Kier molecular flexibility index (Phi) is 5.81. The summed E-state index contributed by atoms with van der Waals surface area (Å²) in [4.78, 5) is 16.9. The third kappa shape index (κ3) is 4.38. The van der Waals surface area contributed by atoms with Crippen molar-refractivity contribution in [1.29, 1.82) is 0 Å². The van der Waals surface area contributed by atoms with Gasteiger partial charge in [0.2, 0.25) is 5.91 Å². The van der Waals surface area contributed by atoms with Crippen molar-refractivity contribution in [3.05, 3.63) is 33.8 Å². The van der Waals surface area contributed by atoms with Gasteiger partial charge in [0.25, 0.3) is 0 Å². The van der Waals surface area contributed by atoms with Gasteiger partial charge in [0, 0.05) is 36.2 Å².